The van der Waals surface area contributed by atoms with Crippen LogP contribution in [0.1, 0.15) is 67.9 Å². The normalized spacial score (nSPS) is 12.6. The van der Waals surface area contributed by atoms with Crippen molar-refractivity contribution in [3.63, 3.8) is 0 Å². The summed E-state index contributed by atoms with van der Waals surface area (Å²) in [6.45, 7) is 18.5. The van der Waals surface area contributed by atoms with Gasteiger partial charge >= 0.3 is 18.3 Å². The molecule has 0 spiro atoms. The highest BCUT2D eigenvalue weighted by Crippen LogP contribution is 2.19. The number of ether oxygens (including phenoxy) is 4. The molecule has 1 rings (SSSR count). The van der Waals surface area contributed by atoms with Crippen LogP contribution < -0.4 is 10.1 Å². The van der Waals surface area contributed by atoms with E-state index in [1.807, 2.05) is 0 Å². The van der Waals surface area contributed by atoms with Gasteiger partial charge in [-0.05, 0) is 80.0 Å². The molecule has 0 saturated heterocycles. The van der Waals surface area contributed by atoms with Crippen molar-refractivity contribution in [2.75, 3.05) is 6.61 Å². The van der Waals surface area contributed by atoms with Crippen LogP contribution in [0.25, 0.3) is 0 Å². The Morgan fingerprint density at radius 3 is 1.70 bits per heavy atom. The van der Waals surface area contributed by atoms with Crippen LogP contribution in [0.5, 0.6) is 5.75 Å². The van der Waals surface area contributed by atoms with E-state index in [-0.39, 0.29) is 11.3 Å². The topological polar surface area (TPSA) is 120 Å². The van der Waals surface area contributed by atoms with Crippen LogP contribution in [0.15, 0.2) is 36.9 Å². The first kappa shape index (κ1) is 31.5. The fourth-order valence-electron chi connectivity index (χ4n) is 2.79. The first-order chi connectivity index (χ1) is 16.8. The van der Waals surface area contributed by atoms with E-state index in [1.54, 1.807) is 92.7 Å². The van der Waals surface area contributed by atoms with Gasteiger partial charge in [-0.2, -0.15) is 0 Å². The van der Waals surface area contributed by atoms with Crippen LogP contribution in [0.2, 0.25) is 0 Å². The standard InChI is InChI=1S/C27H40N2O8/c1-11-16-34-19-14-12-18(13-15-19)17-20(28-22(31)35-25(2,3)4)21(30)29(23(32)36-26(5,6)7)24(33)37-27(8,9)10/h11-15,20H,1,16-17H2,2-10H3,(H,28,31)/t20-/m0/s1. The molecule has 0 aliphatic heterocycles. The van der Waals surface area contributed by atoms with E-state index >= 15 is 0 Å². The van der Waals surface area contributed by atoms with Crippen molar-refractivity contribution in [1.82, 2.24) is 10.2 Å². The number of carbonyl (C=O) groups is 4. The summed E-state index contributed by atoms with van der Waals surface area (Å²) in [5, 5.41) is 2.47. The van der Waals surface area contributed by atoms with Crippen LogP contribution in [0.3, 0.4) is 0 Å². The molecule has 1 atom stereocenters. The molecule has 37 heavy (non-hydrogen) atoms. The second kappa shape index (κ2) is 12.6. The minimum absolute atomic E-state index is 0.0675. The Kier molecular flexibility index (Phi) is 10.7. The summed E-state index contributed by atoms with van der Waals surface area (Å²) in [5.74, 6) is -0.461. The van der Waals surface area contributed by atoms with Crippen molar-refractivity contribution >= 4 is 24.2 Å². The predicted octanol–water partition coefficient (Wildman–Crippen LogP) is 5.39. The van der Waals surface area contributed by atoms with Gasteiger partial charge in [0, 0.05) is 6.42 Å². The van der Waals surface area contributed by atoms with Gasteiger partial charge in [-0.15, -0.1) is 4.90 Å². The van der Waals surface area contributed by atoms with E-state index < -0.39 is 47.0 Å². The van der Waals surface area contributed by atoms with Crippen LogP contribution in [0.4, 0.5) is 14.4 Å². The van der Waals surface area contributed by atoms with Gasteiger partial charge in [0.25, 0.3) is 5.91 Å². The zero-order chi connectivity index (χ0) is 28.6. The number of hydrogen-bond acceptors (Lipinski definition) is 8. The maximum Gasteiger partial charge on any atom is 0.426 e. The van der Waals surface area contributed by atoms with Crippen LogP contribution in [0, 0.1) is 0 Å². The summed E-state index contributed by atoms with van der Waals surface area (Å²) < 4.78 is 21.4. The van der Waals surface area contributed by atoms with E-state index in [2.05, 4.69) is 11.9 Å². The lowest BCUT2D eigenvalue weighted by Crippen LogP contribution is -2.55. The second-order valence-electron chi connectivity index (χ2n) is 11.3. The molecule has 1 aromatic rings. The van der Waals surface area contributed by atoms with Crippen molar-refractivity contribution in [1.29, 1.82) is 0 Å². The van der Waals surface area contributed by atoms with E-state index in [9.17, 15) is 19.2 Å². The molecule has 10 nitrogen and oxygen atoms in total. The molecule has 206 valence electrons. The summed E-state index contributed by atoms with van der Waals surface area (Å²) in [5.41, 5.74) is -2.24. The largest absolute Gasteiger partial charge is 0.490 e. The Morgan fingerprint density at radius 1 is 0.838 bits per heavy atom. The Balaban J connectivity index is 3.37. The number of nitrogens with zero attached hydrogens (tertiary/aromatic N) is 1. The molecule has 4 amide bonds. The third kappa shape index (κ3) is 12.3. The number of hydrogen-bond donors (Lipinski definition) is 1. The summed E-state index contributed by atoms with van der Waals surface area (Å²) in [6.07, 6.45) is -1.81. The summed E-state index contributed by atoms with van der Waals surface area (Å²) in [6, 6.07) is 5.40. The van der Waals surface area contributed by atoms with Crippen LogP contribution >= 0.6 is 0 Å². The SMILES string of the molecule is C=CCOc1ccc(C[C@H](NC(=O)OC(C)(C)C)C(=O)N(C(=O)OC(C)(C)C)C(=O)OC(C)(C)C)cc1. The molecule has 0 radical (unpaired) electrons. The summed E-state index contributed by atoms with van der Waals surface area (Å²) in [7, 11) is 0. The first-order valence-electron chi connectivity index (χ1n) is 11.9. The Labute approximate surface area is 219 Å². The predicted molar refractivity (Wildman–Crippen MR) is 138 cm³/mol. The third-order valence-electron chi connectivity index (χ3n) is 4.09. The smallest absolute Gasteiger partial charge is 0.426 e. The van der Waals surface area contributed by atoms with E-state index in [0.717, 1.165) is 0 Å². The van der Waals surface area contributed by atoms with Gasteiger partial charge in [0.15, 0.2) is 0 Å². The lowest BCUT2D eigenvalue weighted by molar-refractivity contribution is -0.131. The highest BCUT2D eigenvalue weighted by atomic mass is 16.6. The summed E-state index contributed by atoms with van der Waals surface area (Å²) >= 11 is 0. The van der Waals surface area contributed by atoms with Crippen molar-refractivity contribution in [3.8, 4) is 5.75 Å². The minimum Gasteiger partial charge on any atom is -0.490 e. The number of nitrogens with one attached hydrogen (secondary N) is 1. The zero-order valence-electron chi connectivity index (χ0n) is 23.3. The first-order valence-corrected chi connectivity index (χ1v) is 11.9. The average molecular weight is 521 g/mol. The highest BCUT2D eigenvalue weighted by molar-refractivity contribution is 6.09. The molecular weight excluding hydrogens is 480 g/mol. The van der Waals surface area contributed by atoms with Crippen LogP contribution in [-0.2, 0) is 25.4 Å². The highest BCUT2D eigenvalue weighted by Gasteiger charge is 2.40. The van der Waals surface area contributed by atoms with Gasteiger partial charge in [-0.25, -0.2) is 14.4 Å². The van der Waals surface area contributed by atoms with Crippen molar-refractivity contribution in [2.24, 2.45) is 0 Å². The molecule has 0 saturated carbocycles. The van der Waals surface area contributed by atoms with Crippen molar-refractivity contribution in [2.45, 2.75) is 91.6 Å². The van der Waals surface area contributed by atoms with Crippen molar-refractivity contribution < 1.29 is 38.1 Å². The van der Waals surface area contributed by atoms with E-state index in [4.69, 9.17) is 18.9 Å². The summed E-state index contributed by atoms with van der Waals surface area (Å²) in [4.78, 5) is 52.4. The Hall–Kier alpha value is -3.56. The molecule has 0 unspecified atom stereocenters. The van der Waals surface area contributed by atoms with Crippen molar-refractivity contribution in [3.05, 3.63) is 42.5 Å². The molecule has 0 aliphatic rings. The molecule has 1 N–H and O–H groups in total. The molecule has 0 fully saturated rings. The Bertz CT molecular complexity index is 938. The molecule has 1 aromatic carbocycles. The number of carbonyl (C=O) groups excluding carboxylic acids is 4. The molecule has 0 aromatic heterocycles. The fourth-order valence-corrected chi connectivity index (χ4v) is 2.79. The molecule has 10 heteroatoms. The number of alkyl carbamates (subject to hydrolysis) is 1. The monoisotopic (exact) mass is 520 g/mol. The maximum atomic E-state index is 13.6. The molecule has 0 aliphatic carbocycles. The third-order valence-corrected chi connectivity index (χ3v) is 4.09. The lowest BCUT2D eigenvalue weighted by atomic mass is 10.0. The number of benzene rings is 1. The van der Waals surface area contributed by atoms with E-state index in [1.165, 1.54) is 0 Å². The zero-order valence-corrected chi connectivity index (χ0v) is 23.3. The molecule has 0 bridgehead atoms. The average Bonchev–Trinajstić information content (AvgIpc) is 2.68. The molecule has 0 heterocycles. The minimum atomic E-state index is -1.37. The lowest BCUT2D eigenvalue weighted by Gasteiger charge is -2.30. The van der Waals surface area contributed by atoms with Crippen LogP contribution in [-0.4, -0.2) is 58.5 Å². The van der Waals surface area contributed by atoms with Gasteiger partial charge in [0.1, 0.15) is 35.2 Å². The number of rotatable bonds is 7. The Morgan fingerprint density at radius 2 is 1.30 bits per heavy atom. The van der Waals surface area contributed by atoms with Gasteiger partial charge in [-0.3, -0.25) is 4.79 Å². The van der Waals surface area contributed by atoms with Gasteiger partial charge in [0.2, 0.25) is 0 Å². The van der Waals surface area contributed by atoms with E-state index in [0.29, 0.717) is 17.9 Å². The quantitative estimate of drug-likeness (QED) is 0.375. The second-order valence-corrected chi connectivity index (χ2v) is 11.3. The maximum absolute atomic E-state index is 13.6. The van der Waals surface area contributed by atoms with Gasteiger partial charge < -0.3 is 24.3 Å². The fraction of sp³-hybridized carbons (Fsp3) is 0.556. The molecular formula is C27H40N2O8. The number of imide groups is 3. The number of amides is 4. The van der Waals surface area contributed by atoms with Gasteiger partial charge in [-0.1, -0.05) is 24.8 Å². The van der Waals surface area contributed by atoms with Gasteiger partial charge in [0.05, 0.1) is 0 Å².